The zero-order valence-corrected chi connectivity index (χ0v) is 13.4. The summed E-state index contributed by atoms with van der Waals surface area (Å²) in [5, 5.41) is 0.0178. The van der Waals surface area contributed by atoms with Gasteiger partial charge < -0.3 is 4.74 Å². The number of benzene rings is 1. The number of hydrogen-bond donors (Lipinski definition) is 0. The largest absolute Gasteiger partial charge is 0.492 e. The second kappa shape index (κ2) is 6.74. The third kappa shape index (κ3) is 4.56. The van der Waals surface area contributed by atoms with Crippen LogP contribution in [0.2, 0.25) is 5.02 Å². The number of hydrogen-bond acceptors (Lipinski definition) is 2. The van der Waals surface area contributed by atoms with Gasteiger partial charge in [0.1, 0.15) is 12.4 Å². The minimum Gasteiger partial charge on any atom is -0.492 e. The summed E-state index contributed by atoms with van der Waals surface area (Å²) in [6.45, 7) is 0.629. The Labute approximate surface area is 143 Å². The molecule has 2 rings (SSSR count). The van der Waals surface area contributed by atoms with E-state index >= 15 is 0 Å². The molecule has 1 aromatic carbocycles. The van der Waals surface area contributed by atoms with E-state index in [1.807, 2.05) is 0 Å². The van der Waals surface area contributed by atoms with Crippen molar-refractivity contribution >= 4 is 17.4 Å². The Balaban J connectivity index is 2.29. The van der Waals surface area contributed by atoms with E-state index in [1.165, 1.54) is 6.92 Å². The first-order valence-corrected chi connectivity index (χ1v) is 7.30. The second-order valence-corrected chi connectivity index (χ2v) is 5.79. The number of ketones is 1. The number of carbonyl (C=O) groups excluding carboxylic acids is 1. The lowest BCUT2D eigenvalue weighted by Crippen LogP contribution is -2.23. The molecule has 0 heterocycles. The fraction of sp³-hybridized carbons (Fsp3) is 0.312. The average molecular weight is 385 g/mol. The highest BCUT2D eigenvalue weighted by molar-refractivity contribution is 6.30. The quantitative estimate of drug-likeness (QED) is 0.646. The van der Waals surface area contributed by atoms with Crippen molar-refractivity contribution in [2.75, 3.05) is 0 Å². The van der Waals surface area contributed by atoms with Crippen molar-refractivity contribution in [2.24, 2.45) is 5.92 Å². The van der Waals surface area contributed by atoms with E-state index in [2.05, 4.69) is 0 Å². The van der Waals surface area contributed by atoms with Crippen LogP contribution in [0, 0.1) is 5.92 Å². The number of alkyl halides is 6. The Morgan fingerprint density at radius 2 is 1.72 bits per heavy atom. The van der Waals surface area contributed by atoms with E-state index in [-0.39, 0.29) is 16.3 Å². The number of rotatable bonds is 3. The van der Waals surface area contributed by atoms with E-state index < -0.39 is 41.8 Å². The van der Waals surface area contributed by atoms with E-state index in [0.29, 0.717) is 12.2 Å². The van der Waals surface area contributed by atoms with Gasteiger partial charge >= 0.3 is 12.4 Å². The van der Waals surface area contributed by atoms with Gasteiger partial charge in [0.2, 0.25) is 0 Å². The molecular formula is C16H11ClF6O2. The van der Waals surface area contributed by atoms with Crippen LogP contribution in [0.1, 0.15) is 18.1 Å². The summed E-state index contributed by atoms with van der Waals surface area (Å²) in [5.74, 6) is -2.22. The first-order valence-electron chi connectivity index (χ1n) is 6.92. The van der Waals surface area contributed by atoms with Gasteiger partial charge in [0, 0.05) is 10.6 Å². The molecule has 0 spiro atoms. The zero-order chi connectivity index (χ0) is 19.0. The maximum Gasteiger partial charge on any atom is 0.416 e. The van der Waals surface area contributed by atoms with Crippen molar-refractivity contribution in [3.8, 4) is 0 Å². The molecule has 25 heavy (non-hydrogen) atoms. The molecule has 2 nitrogen and oxygen atoms in total. The maximum absolute atomic E-state index is 13.0. The normalized spacial score (nSPS) is 18.7. The minimum atomic E-state index is -4.77. The number of ether oxygens (including phenoxy) is 1. The molecule has 0 aliphatic heterocycles. The molecule has 0 N–H and O–H groups in total. The molecule has 0 bridgehead atoms. The summed E-state index contributed by atoms with van der Waals surface area (Å²) in [5.41, 5.74) is -2.57. The summed E-state index contributed by atoms with van der Waals surface area (Å²) in [6, 6.07) is 2.82. The van der Waals surface area contributed by atoms with Gasteiger partial charge in [0.25, 0.3) is 0 Å². The molecule has 136 valence electrons. The third-order valence-electron chi connectivity index (χ3n) is 3.54. The highest BCUT2D eigenvalue weighted by atomic mass is 35.5. The maximum atomic E-state index is 13.0. The number of allylic oxidation sites excluding steroid dienone is 4. The molecule has 1 unspecified atom stereocenters. The molecule has 9 heteroatoms. The van der Waals surface area contributed by atoms with Gasteiger partial charge in [-0.3, -0.25) is 4.79 Å². The van der Waals surface area contributed by atoms with Crippen molar-refractivity contribution in [3.63, 3.8) is 0 Å². The fourth-order valence-electron chi connectivity index (χ4n) is 2.19. The zero-order valence-electron chi connectivity index (χ0n) is 12.6. The number of halogens is 7. The summed E-state index contributed by atoms with van der Waals surface area (Å²) < 4.78 is 82.3. The van der Waals surface area contributed by atoms with Gasteiger partial charge in [-0.1, -0.05) is 11.6 Å². The third-order valence-corrected chi connectivity index (χ3v) is 3.78. The standard InChI is InChI=1S/C16H11ClF6O2/c1-8-13(24)5-10(15(18,19)20)6-14(8)25-7-9-4-11(17)2-3-12(9)16(21,22)23/h2-6,8H,7H2,1H3. The van der Waals surface area contributed by atoms with Gasteiger partial charge in [-0.05, 0) is 37.3 Å². The summed E-state index contributed by atoms with van der Waals surface area (Å²) in [7, 11) is 0. The lowest BCUT2D eigenvalue weighted by molar-refractivity contribution is -0.138. The van der Waals surface area contributed by atoms with Crippen LogP contribution in [0.5, 0.6) is 0 Å². The van der Waals surface area contributed by atoms with Crippen molar-refractivity contribution in [2.45, 2.75) is 25.9 Å². The van der Waals surface area contributed by atoms with Crippen LogP contribution in [-0.2, 0) is 22.3 Å². The minimum absolute atomic E-state index is 0.0178. The Morgan fingerprint density at radius 3 is 2.28 bits per heavy atom. The molecule has 1 aromatic rings. The van der Waals surface area contributed by atoms with Crippen LogP contribution in [0.25, 0.3) is 0 Å². The Hall–Kier alpha value is -1.96. The topological polar surface area (TPSA) is 26.3 Å². The molecule has 0 saturated carbocycles. The smallest absolute Gasteiger partial charge is 0.416 e. The van der Waals surface area contributed by atoms with Crippen LogP contribution in [0.4, 0.5) is 26.3 Å². The summed E-state index contributed by atoms with van der Waals surface area (Å²) in [6.07, 6.45) is -8.39. The molecular weight excluding hydrogens is 374 g/mol. The molecule has 0 aromatic heterocycles. The molecule has 0 fully saturated rings. The predicted octanol–water partition coefficient (Wildman–Crippen LogP) is 5.47. The second-order valence-electron chi connectivity index (χ2n) is 5.36. The van der Waals surface area contributed by atoms with Crippen LogP contribution < -0.4 is 0 Å². The van der Waals surface area contributed by atoms with Crippen LogP contribution in [-0.4, -0.2) is 12.0 Å². The fourth-order valence-corrected chi connectivity index (χ4v) is 2.38. The lowest BCUT2D eigenvalue weighted by Gasteiger charge is -2.22. The van der Waals surface area contributed by atoms with Crippen LogP contribution >= 0.6 is 11.6 Å². The first kappa shape index (κ1) is 19.4. The van der Waals surface area contributed by atoms with Crippen LogP contribution in [0.15, 0.2) is 41.7 Å². The lowest BCUT2D eigenvalue weighted by atomic mass is 9.94. The Kier molecular flexibility index (Phi) is 5.22. The SMILES string of the molecule is CC1C(=O)C=C(C(F)(F)F)C=C1OCc1cc(Cl)ccc1C(F)(F)F. The van der Waals surface area contributed by atoms with Crippen molar-refractivity contribution in [1.29, 1.82) is 0 Å². The molecule has 1 atom stereocenters. The molecule has 1 aliphatic carbocycles. The van der Waals surface area contributed by atoms with E-state index in [9.17, 15) is 31.1 Å². The van der Waals surface area contributed by atoms with Crippen molar-refractivity contribution in [1.82, 2.24) is 0 Å². The van der Waals surface area contributed by atoms with E-state index in [0.717, 1.165) is 18.2 Å². The Morgan fingerprint density at radius 1 is 1.08 bits per heavy atom. The van der Waals surface area contributed by atoms with E-state index in [4.69, 9.17) is 16.3 Å². The molecule has 0 amide bonds. The highest BCUT2D eigenvalue weighted by Gasteiger charge is 2.38. The Bertz CT molecular complexity index is 746. The van der Waals surface area contributed by atoms with Gasteiger partial charge in [0.05, 0.1) is 17.1 Å². The summed E-state index contributed by atoms with van der Waals surface area (Å²) >= 11 is 5.67. The number of carbonyl (C=O) groups is 1. The van der Waals surface area contributed by atoms with Crippen LogP contribution in [0.3, 0.4) is 0 Å². The average Bonchev–Trinajstić information content (AvgIpc) is 2.46. The van der Waals surface area contributed by atoms with Crippen molar-refractivity contribution < 1.29 is 35.9 Å². The summed E-state index contributed by atoms with van der Waals surface area (Å²) in [4.78, 5) is 11.7. The van der Waals surface area contributed by atoms with Gasteiger partial charge in [-0.2, -0.15) is 26.3 Å². The predicted molar refractivity (Wildman–Crippen MR) is 77.6 cm³/mol. The van der Waals surface area contributed by atoms with Gasteiger partial charge in [-0.15, -0.1) is 0 Å². The van der Waals surface area contributed by atoms with Gasteiger partial charge in [0.15, 0.2) is 5.78 Å². The van der Waals surface area contributed by atoms with Crippen molar-refractivity contribution in [3.05, 3.63) is 57.8 Å². The monoisotopic (exact) mass is 384 g/mol. The highest BCUT2D eigenvalue weighted by Crippen LogP contribution is 2.36. The first-order chi connectivity index (χ1) is 11.4. The molecule has 1 aliphatic rings. The van der Waals surface area contributed by atoms with Gasteiger partial charge in [-0.25, -0.2) is 0 Å². The van der Waals surface area contributed by atoms with E-state index in [1.54, 1.807) is 0 Å². The molecule has 0 radical (unpaired) electrons. The molecule has 0 saturated heterocycles.